The van der Waals surface area contributed by atoms with Crippen molar-refractivity contribution in [2.75, 3.05) is 25.0 Å². The molecule has 2 amide bonds. The SMILES string of the molecule is CCN1CCOC(CC(=O)Nc2ccc(I)cc2)C1=O. The van der Waals surface area contributed by atoms with Crippen LogP contribution in [0.1, 0.15) is 13.3 Å². The lowest BCUT2D eigenvalue weighted by Gasteiger charge is -2.31. The zero-order valence-electron chi connectivity index (χ0n) is 11.3. The molecule has 6 heteroatoms. The van der Waals surface area contributed by atoms with Crippen LogP contribution in [0.3, 0.4) is 0 Å². The van der Waals surface area contributed by atoms with Crippen LogP contribution in [0.25, 0.3) is 0 Å². The van der Waals surface area contributed by atoms with E-state index in [2.05, 4.69) is 27.9 Å². The molecule has 0 radical (unpaired) electrons. The van der Waals surface area contributed by atoms with Crippen LogP contribution >= 0.6 is 22.6 Å². The van der Waals surface area contributed by atoms with E-state index in [4.69, 9.17) is 4.74 Å². The van der Waals surface area contributed by atoms with Crippen LogP contribution in [-0.4, -0.2) is 42.5 Å². The molecule has 20 heavy (non-hydrogen) atoms. The highest BCUT2D eigenvalue weighted by Gasteiger charge is 2.30. The Labute approximate surface area is 131 Å². The van der Waals surface area contributed by atoms with Crippen LogP contribution in [0.2, 0.25) is 0 Å². The highest BCUT2D eigenvalue weighted by molar-refractivity contribution is 14.1. The minimum Gasteiger partial charge on any atom is -0.366 e. The molecule has 1 aromatic rings. The second kappa shape index (κ2) is 7.03. The smallest absolute Gasteiger partial charge is 0.252 e. The fourth-order valence-corrected chi connectivity index (χ4v) is 2.42. The number of hydrogen-bond acceptors (Lipinski definition) is 3. The Morgan fingerprint density at radius 1 is 1.45 bits per heavy atom. The number of morpholine rings is 1. The number of rotatable bonds is 4. The van der Waals surface area contributed by atoms with Gasteiger partial charge in [0, 0.05) is 22.3 Å². The number of likely N-dealkylation sites (N-methyl/N-ethyl adjacent to an activating group) is 1. The molecule has 0 saturated carbocycles. The fraction of sp³-hybridized carbons (Fsp3) is 0.429. The number of nitrogens with zero attached hydrogens (tertiary/aromatic N) is 1. The Kier molecular flexibility index (Phi) is 5.36. The molecular weight excluding hydrogens is 371 g/mol. The molecule has 1 heterocycles. The number of amides is 2. The molecule has 1 aliphatic heterocycles. The summed E-state index contributed by atoms with van der Waals surface area (Å²) in [7, 11) is 0. The molecule has 1 saturated heterocycles. The Morgan fingerprint density at radius 3 is 2.80 bits per heavy atom. The van der Waals surface area contributed by atoms with E-state index in [0.29, 0.717) is 19.7 Å². The number of halogens is 1. The van der Waals surface area contributed by atoms with Gasteiger partial charge in [-0.3, -0.25) is 9.59 Å². The van der Waals surface area contributed by atoms with Gasteiger partial charge in [0.25, 0.3) is 5.91 Å². The summed E-state index contributed by atoms with van der Waals surface area (Å²) in [5.74, 6) is -0.306. The average molecular weight is 388 g/mol. The third kappa shape index (κ3) is 3.92. The lowest BCUT2D eigenvalue weighted by atomic mass is 10.1. The van der Waals surface area contributed by atoms with E-state index >= 15 is 0 Å². The van der Waals surface area contributed by atoms with Gasteiger partial charge in [-0.05, 0) is 53.8 Å². The zero-order chi connectivity index (χ0) is 14.5. The zero-order valence-corrected chi connectivity index (χ0v) is 13.4. The van der Waals surface area contributed by atoms with E-state index < -0.39 is 6.10 Å². The Morgan fingerprint density at radius 2 is 2.15 bits per heavy atom. The van der Waals surface area contributed by atoms with Gasteiger partial charge in [0.2, 0.25) is 5.91 Å². The van der Waals surface area contributed by atoms with Gasteiger partial charge >= 0.3 is 0 Å². The Balaban J connectivity index is 1.90. The summed E-state index contributed by atoms with van der Waals surface area (Å²) in [6.45, 7) is 3.66. The normalized spacial score (nSPS) is 19.0. The molecule has 0 aromatic heterocycles. The lowest BCUT2D eigenvalue weighted by molar-refractivity contribution is -0.154. The van der Waals surface area contributed by atoms with Crippen LogP contribution in [0.15, 0.2) is 24.3 Å². The quantitative estimate of drug-likeness (QED) is 0.802. The third-order valence-electron chi connectivity index (χ3n) is 3.15. The molecule has 1 aliphatic rings. The molecule has 0 spiro atoms. The molecule has 1 atom stereocenters. The molecule has 5 nitrogen and oxygen atoms in total. The predicted octanol–water partition coefficient (Wildman–Crippen LogP) is 1.87. The van der Waals surface area contributed by atoms with Crippen molar-refractivity contribution in [3.63, 3.8) is 0 Å². The summed E-state index contributed by atoms with van der Waals surface area (Å²) >= 11 is 2.20. The predicted molar refractivity (Wildman–Crippen MR) is 84.4 cm³/mol. The largest absolute Gasteiger partial charge is 0.366 e. The van der Waals surface area contributed by atoms with Crippen LogP contribution < -0.4 is 5.32 Å². The van der Waals surface area contributed by atoms with Gasteiger partial charge in [-0.2, -0.15) is 0 Å². The third-order valence-corrected chi connectivity index (χ3v) is 3.87. The second-order valence-corrected chi connectivity index (χ2v) is 5.78. The summed E-state index contributed by atoms with van der Waals surface area (Å²) in [5, 5.41) is 2.78. The highest BCUT2D eigenvalue weighted by atomic mass is 127. The summed E-state index contributed by atoms with van der Waals surface area (Å²) in [6.07, 6.45) is -0.603. The first-order valence-corrected chi connectivity index (χ1v) is 7.64. The average Bonchev–Trinajstić information content (AvgIpc) is 2.44. The maximum atomic E-state index is 12.0. The number of hydrogen-bond donors (Lipinski definition) is 1. The topological polar surface area (TPSA) is 58.6 Å². The number of benzene rings is 1. The maximum absolute atomic E-state index is 12.0. The molecule has 0 bridgehead atoms. The molecule has 1 unspecified atom stereocenters. The van der Waals surface area contributed by atoms with E-state index in [1.165, 1.54) is 0 Å². The van der Waals surface area contributed by atoms with Gasteiger partial charge in [0.05, 0.1) is 13.0 Å². The fourth-order valence-electron chi connectivity index (χ4n) is 2.06. The number of nitrogens with one attached hydrogen (secondary N) is 1. The van der Waals surface area contributed by atoms with Crippen LogP contribution in [-0.2, 0) is 14.3 Å². The number of ether oxygens (including phenoxy) is 1. The lowest BCUT2D eigenvalue weighted by Crippen LogP contribution is -2.48. The molecular formula is C14H17IN2O3. The minimum absolute atomic E-state index is 0.0569. The molecule has 108 valence electrons. The van der Waals surface area contributed by atoms with E-state index in [1.54, 1.807) is 4.90 Å². The van der Waals surface area contributed by atoms with Crippen LogP contribution in [0, 0.1) is 3.57 Å². The van der Waals surface area contributed by atoms with Crippen molar-refractivity contribution < 1.29 is 14.3 Å². The van der Waals surface area contributed by atoms with Crippen molar-refractivity contribution >= 4 is 40.1 Å². The molecule has 0 aliphatic carbocycles. The molecule has 1 N–H and O–H groups in total. The first-order chi connectivity index (χ1) is 9.60. The summed E-state index contributed by atoms with van der Waals surface area (Å²) in [4.78, 5) is 25.7. The van der Waals surface area contributed by atoms with Crippen molar-refractivity contribution in [1.29, 1.82) is 0 Å². The summed E-state index contributed by atoms with van der Waals surface area (Å²) < 4.78 is 6.50. The van der Waals surface area contributed by atoms with Gasteiger partial charge < -0.3 is 15.0 Å². The summed E-state index contributed by atoms with van der Waals surface area (Å²) in [5.41, 5.74) is 0.728. The van der Waals surface area contributed by atoms with E-state index in [9.17, 15) is 9.59 Å². The first kappa shape index (κ1) is 15.2. The van der Waals surface area contributed by atoms with Crippen molar-refractivity contribution in [1.82, 2.24) is 4.90 Å². The van der Waals surface area contributed by atoms with Crippen LogP contribution in [0.5, 0.6) is 0 Å². The van der Waals surface area contributed by atoms with Gasteiger partial charge in [-0.25, -0.2) is 0 Å². The van der Waals surface area contributed by atoms with Crippen LogP contribution in [0.4, 0.5) is 5.69 Å². The van der Waals surface area contributed by atoms with Gasteiger partial charge in [-0.1, -0.05) is 0 Å². The maximum Gasteiger partial charge on any atom is 0.252 e. The molecule has 1 aromatic carbocycles. The molecule has 1 fully saturated rings. The Bertz CT molecular complexity index is 490. The van der Waals surface area contributed by atoms with E-state index in [1.807, 2.05) is 31.2 Å². The number of anilines is 1. The Hall–Kier alpha value is -1.15. The standard InChI is InChI=1S/C14H17IN2O3/c1-2-17-7-8-20-12(14(17)19)9-13(18)16-11-5-3-10(15)4-6-11/h3-6,12H,2,7-9H2,1H3,(H,16,18). The van der Waals surface area contributed by atoms with Crippen molar-refractivity contribution in [3.8, 4) is 0 Å². The minimum atomic E-state index is -0.660. The first-order valence-electron chi connectivity index (χ1n) is 6.56. The van der Waals surface area contributed by atoms with Crippen molar-refractivity contribution in [3.05, 3.63) is 27.8 Å². The second-order valence-electron chi connectivity index (χ2n) is 4.54. The van der Waals surface area contributed by atoms with Crippen molar-refractivity contribution in [2.24, 2.45) is 0 Å². The van der Waals surface area contributed by atoms with Gasteiger partial charge in [-0.15, -0.1) is 0 Å². The van der Waals surface area contributed by atoms with E-state index in [0.717, 1.165) is 9.26 Å². The summed E-state index contributed by atoms with van der Waals surface area (Å²) in [6, 6.07) is 7.50. The van der Waals surface area contributed by atoms with E-state index in [-0.39, 0.29) is 18.2 Å². The van der Waals surface area contributed by atoms with Gasteiger partial charge in [0.1, 0.15) is 6.10 Å². The van der Waals surface area contributed by atoms with Crippen molar-refractivity contribution in [2.45, 2.75) is 19.4 Å². The monoisotopic (exact) mass is 388 g/mol. The number of carbonyl (C=O) groups excluding carboxylic acids is 2. The number of carbonyl (C=O) groups is 2. The highest BCUT2D eigenvalue weighted by Crippen LogP contribution is 2.14. The van der Waals surface area contributed by atoms with Gasteiger partial charge in [0.15, 0.2) is 0 Å². The molecule has 2 rings (SSSR count).